The second kappa shape index (κ2) is 5.65. The molecule has 1 aliphatic carbocycles. The van der Waals surface area contributed by atoms with Crippen molar-refractivity contribution in [2.24, 2.45) is 0 Å². The monoisotopic (exact) mass is 277 g/mol. The standard InChI is InChI=1S/C20H23N/c1-2-7-16(8-3-1)18-13-14-21(15-18)20-12-6-10-17-9-4-5-11-19(17)20/h1-5,7-9,11,18,20H,6,10,12-15H2. The maximum atomic E-state index is 2.73. The fourth-order valence-corrected chi connectivity index (χ4v) is 4.18. The first kappa shape index (κ1) is 13.1. The SMILES string of the molecule is c1ccc(C2CCN(C3CCCc4ccccc43)C2)cc1. The summed E-state index contributed by atoms with van der Waals surface area (Å²) < 4.78 is 0. The van der Waals surface area contributed by atoms with Crippen molar-refractivity contribution in [3.05, 3.63) is 71.3 Å². The molecule has 2 unspecified atom stereocenters. The highest BCUT2D eigenvalue weighted by Crippen LogP contribution is 2.39. The van der Waals surface area contributed by atoms with Crippen molar-refractivity contribution >= 4 is 0 Å². The molecular formula is C20H23N. The Labute approximate surface area is 127 Å². The van der Waals surface area contributed by atoms with Crippen LogP contribution in [0.4, 0.5) is 0 Å². The molecule has 1 nitrogen and oxygen atoms in total. The quantitative estimate of drug-likeness (QED) is 0.778. The molecule has 4 rings (SSSR count). The Bertz CT molecular complexity index is 604. The first-order valence-corrected chi connectivity index (χ1v) is 8.28. The van der Waals surface area contributed by atoms with Crippen molar-refractivity contribution in [2.45, 2.75) is 37.6 Å². The molecule has 0 bridgehead atoms. The van der Waals surface area contributed by atoms with Gasteiger partial charge in [-0.05, 0) is 54.8 Å². The zero-order valence-corrected chi connectivity index (χ0v) is 12.5. The summed E-state index contributed by atoms with van der Waals surface area (Å²) in [5.41, 5.74) is 4.69. The molecule has 108 valence electrons. The zero-order valence-electron chi connectivity index (χ0n) is 12.5. The third kappa shape index (κ3) is 2.51. The van der Waals surface area contributed by atoms with Gasteiger partial charge in [0.05, 0.1) is 0 Å². The largest absolute Gasteiger partial charge is 0.296 e. The van der Waals surface area contributed by atoms with Crippen LogP contribution in [0.15, 0.2) is 54.6 Å². The molecule has 2 aromatic carbocycles. The van der Waals surface area contributed by atoms with E-state index in [1.54, 1.807) is 11.1 Å². The Morgan fingerprint density at radius 1 is 0.857 bits per heavy atom. The molecule has 1 aliphatic heterocycles. The molecular weight excluding hydrogens is 254 g/mol. The van der Waals surface area contributed by atoms with Crippen LogP contribution < -0.4 is 0 Å². The zero-order chi connectivity index (χ0) is 14.1. The number of aryl methyl sites for hydroxylation is 1. The van der Waals surface area contributed by atoms with Crippen molar-refractivity contribution in [3.8, 4) is 0 Å². The van der Waals surface area contributed by atoms with Gasteiger partial charge in [-0.2, -0.15) is 0 Å². The highest BCUT2D eigenvalue weighted by atomic mass is 15.2. The topological polar surface area (TPSA) is 3.24 Å². The molecule has 2 atom stereocenters. The van der Waals surface area contributed by atoms with Crippen LogP contribution in [0.2, 0.25) is 0 Å². The molecule has 0 N–H and O–H groups in total. The van der Waals surface area contributed by atoms with E-state index in [4.69, 9.17) is 0 Å². The lowest BCUT2D eigenvalue weighted by Crippen LogP contribution is -2.29. The number of hydrogen-bond acceptors (Lipinski definition) is 1. The van der Waals surface area contributed by atoms with Crippen LogP contribution in [0.5, 0.6) is 0 Å². The molecule has 1 heterocycles. The Kier molecular flexibility index (Phi) is 3.52. The Morgan fingerprint density at radius 3 is 2.57 bits per heavy atom. The summed E-state index contributed by atoms with van der Waals surface area (Å²) in [6, 6.07) is 20.8. The minimum Gasteiger partial charge on any atom is -0.296 e. The van der Waals surface area contributed by atoms with Gasteiger partial charge in [0.25, 0.3) is 0 Å². The van der Waals surface area contributed by atoms with Gasteiger partial charge in [0, 0.05) is 12.6 Å². The Hall–Kier alpha value is -1.60. The van der Waals surface area contributed by atoms with Crippen LogP contribution in [0.3, 0.4) is 0 Å². The molecule has 1 fully saturated rings. The summed E-state index contributed by atoms with van der Waals surface area (Å²) in [7, 11) is 0. The van der Waals surface area contributed by atoms with Gasteiger partial charge in [0.2, 0.25) is 0 Å². The van der Waals surface area contributed by atoms with Crippen LogP contribution in [0.25, 0.3) is 0 Å². The fourth-order valence-electron chi connectivity index (χ4n) is 4.18. The van der Waals surface area contributed by atoms with Crippen LogP contribution in [0.1, 0.15) is 47.9 Å². The summed E-state index contributed by atoms with van der Waals surface area (Å²) in [5.74, 6) is 0.722. The van der Waals surface area contributed by atoms with Crippen molar-refractivity contribution in [1.29, 1.82) is 0 Å². The molecule has 0 aromatic heterocycles. The van der Waals surface area contributed by atoms with E-state index in [-0.39, 0.29) is 0 Å². The van der Waals surface area contributed by atoms with Crippen LogP contribution in [-0.2, 0) is 6.42 Å². The molecule has 1 heteroatoms. The predicted octanol–water partition coefficient (Wildman–Crippen LogP) is 4.55. The second-order valence-corrected chi connectivity index (χ2v) is 6.50. The fraction of sp³-hybridized carbons (Fsp3) is 0.400. The highest BCUT2D eigenvalue weighted by Gasteiger charge is 2.31. The van der Waals surface area contributed by atoms with E-state index in [1.807, 2.05) is 0 Å². The number of benzene rings is 2. The lowest BCUT2D eigenvalue weighted by atomic mass is 9.87. The van der Waals surface area contributed by atoms with E-state index < -0.39 is 0 Å². The van der Waals surface area contributed by atoms with Crippen LogP contribution in [-0.4, -0.2) is 18.0 Å². The number of likely N-dealkylation sites (tertiary alicyclic amines) is 1. The van der Waals surface area contributed by atoms with Gasteiger partial charge in [0.15, 0.2) is 0 Å². The van der Waals surface area contributed by atoms with Crippen LogP contribution >= 0.6 is 0 Å². The first-order valence-electron chi connectivity index (χ1n) is 8.28. The average Bonchev–Trinajstić information content (AvgIpc) is 3.05. The number of rotatable bonds is 2. The van der Waals surface area contributed by atoms with E-state index in [2.05, 4.69) is 59.5 Å². The van der Waals surface area contributed by atoms with E-state index in [9.17, 15) is 0 Å². The maximum absolute atomic E-state index is 2.73. The molecule has 1 saturated heterocycles. The summed E-state index contributed by atoms with van der Waals surface area (Å²) >= 11 is 0. The lowest BCUT2D eigenvalue weighted by molar-refractivity contribution is 0.219. The molecule has 0 saturated carbocycles. The lowest BCUT2D eigenvalue weighted by Gasteiger charge is -2.33. The molecule has 2 aromatic rings. The number of fused-ring (bicyclic) bond motifs is 1. The van der Waals surface area contributed by atoms with Crippen molar-refractivity contribution in [1.82, 2.24) is 4.90 Å². The molecule has 0 amide bonds. The van der Waals surface area contributed by atoms with Crippen LogP contribution in [0, 0.1) is 0 Å². The number of hydrogen-bond donors (Lipinski definition) is 0. The summed E-state index contributed by atoms with van der Waals surface area (Å²) in [6.07, 6.45) is 5.25. The third-order valence-corrected chi connectivity index (χ3v) is 5.27. The Balaban J connectivity index is 1.54. The summed E-state index contributed by atoms with van der Waals surface area (Å²) in [6.45, 7) is 2.47. The maximum Gasteiger partial charge on any atom is 0.0351 e. The minimum atomic E-state index is 0.656. The minimum absolute atomic E-state index is 0.656. The average molecular weight is 277 g/mol. The first-order chi connectivity index (χ1) is 10.4. The van der Waals surface area contributed by atoms with E-state index in [0.717, 1.165) is 5.92 Å². The van der Waals surface area contributed by atoms with Gasteiger partial charge in [-0.25, -0.2) is 0 Å². The normalized spacial score (nSPS) is 25.7. The van der Waals surface area contributed by atoms with Gasteiger partial charge in [-0.3, -0.25) is 4.90 Å². The molecule has 0 spiro atoms. The predicted molar refractivity (Wildman–Crippen MR) is 87.5 cm³/mol. The summed E-state index contributed by atoms with van der Waals surface area (Å²) in [4.78, 5) is 2.73. The molecule has 21 heavy (non-hydrogen) atoms. The smallest absolute Gasteiger partial charge is 0.0351 e. The van der Waals surface area contributed by atoms with E-state index in [0.29, 0.717) is 6.04 Å². The van der Waals surface area contributed by atoms with Gasteiger partial charge in [0.1, 0.15) is 0 Å². The summed E-state index contributed by atoms with van der Waals surface area (Å²) in [5, 5.41) is 0. The van der Waals surface area contributed by atoms with Crippen molar-refractivity contribution < 1.29 is 0 Å². The highest BCUT2D eigenvalue weighted by molar-refractivity contribution is 5.33. The van der Waals surface area contributed by atoms with Gasteiger partial charge in [-0.15, -0.1) is 0 Å². The number of nitrogens with zero attached hydrogens (tertiary/aromatic N) is 1. The van der Waals surface area contributed by atoms with Gasteiger partial charge >= 0.3 is 0 Å². The van der Waals surface area contributed by atoms with Crippen molar-refractivity contribution in [2.75, 3.05) is 13.1 Å². The van der Waals surface area contributed by atoms with E-state index in [1.165, 1.54) is 44.3 Å². The second-order valence-electron chi connectivity index (χ2n) is 6.50. The van der Waals surface area contributed by atoms with Gasteiger partial charge < -0.3 is 0 Å². The Morgan fingerprint density at radius 2 is 1.67 bits per heavy atom. The van der Waals surface area contributed by atoms with Gasteiger partial charge in [-0.1, -0.05) is 54.6 Å². The third-order valence-electron chi connectivity index (χ3n) is 5.27. The van der Waals surface area contributed by atoms with E-state index >= 15 is 0 Å². The molecule has 0 radical (unpaired) electrons. The molecule has 2 aliphatic rings. The van der Waals surface area contributed by atoms with Crippen molar-refractivity contribution in [3.63, 3.8) is 0 Å².